The second kappa shape index (κ2) is 3.05. The summed E-state index contributed by atoms with van der Waals surface area (Å²) in [6.07, 6.45) is 2.20. The summed E-state index contributed by atoms with van der Waals surface area (Å²) in [5.41, 5.74) is 0. The number of nitrogens with one attached hydrogen (secondary N) is 2. The number of hydrogen-bond donors (Lipinski definition) is 2. The predicted octanol–water partition coefficient (Wildman–Crippen LogP) is 0.121. The first kappa shape index (κ1) is 8.05. The third-order valence-electron chi connectivity index (χ3n) is 2.84. The molecule has 1 atom stereocenters. The lowest BCUT2D eigenvalue weighted by molar-refractivity contribution is -0.123. The van der Waals surface area contributed by atoms with Gasteiger partial charge in [-0.1, -0.05) is 0 Å². The normalized spacial score (nSPS) is 26.1. The van der Waals surface area contributed by atoms with E-state index in [0.29, 0.717) is 17.9 Å². The molecule has 0 spiro atoms. The number of amides is 1. The van der Waals surface area contributed by atoms with Gasteiger partial charge in [-0.15, -0.1) is 0 Å². The molecule has 2 aliphatic rings. The van der Waals surface area contributed by atoms with Gasteiger partial charge in [-0.2, -0.15) is 0 Å². The molecule has 0 radical (unpaired) electrons. The van der Waals surface area contributed by atoms with Gasteiger partial charge in [-0.05, 0) is 19.8 Å². The van der Waals surface area contributed by atoms with E-state index in [4.69, 9.17) is 0 Å². The molecule has 1 amide bonds. The molecule has 2 fully saturated rings. The first-order valence-electron chi connectivity index (χ1n) is 4.78. The van der Waals surface area contributed by atoms with Gasteiger partial charge in [-0.25, -0.2) is 0 Å². The van der Waals surface area contributed by atoms with E-state index in [1.54, 1.807) is 0 Å². The molecule has 3 heteroatoms. The molecular weight excluding hydrogens is 152 g/mol. The first-order chi connectivity index (χ1) is 5.77. The minimum atomic E-state index is 0.273. The second-order valence-electron chi connectivity index (χ2n) is 3.99. The van der Waals surface area contributed by atoms with Crippen LogP contribution in [0.5, 0.6) is 0 Å². The molecule has 0 bridgehead atoms. The highest BCUT2D eigenvalue weighted by molar-refractivity contribution is 5.81. The standard InChI is InChI=1S/C9H16N2O/c1-6(8-4-10-5-8)11-9(12)7-2-3-7/h6-8,10H,2-5H2,1H3,(H,11,12). The summed E-state index contributed by atoms with van der Waals surface area (Å²) in [5.74, 6) is 1.28. The van der Waals surface area contributed by atoms with Crippen LogP contribution in [-0.2, 0) is 4.79 Å². The highest BCUT2D eigenvalue weighted by Gasteiger charge is 2.32. The van der Waals surface area contributed by atoms with Crippen LogP contribution in [0.15, 0.2) is 0 Å². The van der Waals surface area contributed by atoms with Gasteiger partial charge in [-0.3, -0.25) is 4.79 Å². The molecule has 0 aromatic carbocycles. The fourth-order valence-corrected chi connectivity index (χ4v) is 1.47. The smallest absolute Gasteiger partial charge is 0.223 e. The fourth-order valence-electron chi connectivity index (χ4n) is 1.47. The zero-order chi connectivity index (χ0) is 8.55. The SMILES string of the molecule is CC(NC(=O)C1CC1)C1CNC1. The quantitative estimate of drug-likeness (QED) is 0.628. The zero-order valence-electron chi connectivity index (χ0n) is 7.47. The minimum Gasteiger partial charge on any atom is -0.353 e. The maximum absolute atomic E-state index is 11.3. The van der Waals surface area contributed by atoms with Crippen molar-refractivity contribution in [3.63, 3.8) is 0 Å². The van der Waals surface area contributed by atoms with E-state index in [0.717, 1.165) is 25.9 Å². The molecule has 1 aliphatic heterocycles. The summed E-state index contributed by atoms with van der Waals surface area (Å²) in [4.78, 5) is 11.3. The van der Waals surface area contributed by atoms with E-state index < -0.39 is 0 Å². The maximum atomic E-state index is 11.3. The van der Waals surface area contributed by atoms with E-state index >= 15 is 0 Å². The van der Waals surface area contributed by atoms with Crippen molar-refractivity contribution >= 4 is 5.91 Å². The molecule has 12 heavy (non-hydrogen) atoms. The Labute approximate surface area is 72.9 Å². The molecule has 2 N–H and O–H groups in total. The number of hydrogen-bond acceptors (Lipinski definition) is 2. The van der Waals surface area contributed by atoms with Gasteiger partial charge in [0.2, 0.25) is 5.91 Å². The Hall–Kier alpha value is -0.570. The Morgan fingerprint density at radius 3 is 2.58 bits per heavy atom. The number of rotatable bonds is 3. The van der Waals surface area contributed by atoms with Gasteiger partial charge in [0.15, 0.2) is 0 Å². The van der Waals surface area contributed by atoms with Crippen LogP contribution in [0.4, 0.5) is 0 Å². The van der Waals surface area contributed by atoms with Crippen molar-refractivity contribution in [2.75, 3.05) is 13.1 Å². The largest absolute Gasteiger partial charge is 0.353 e. The Morgan fingerprint density at radius 1 is 1.50 bits per heavy atom. The molecular formula is C9H16N2O. The summed E-state index contributed by atoms with van der Waals surface area (Å²) in [7, 11) is 0. The Kier molecular flexibility index (Phi) is 2.05. The lowest BCUT2D eigenvalue weighted by Gasteiger charge is -2.33. The van der Waals surface area contributed by atoms with Gasteiger partial charge in [0.1, 0.15) is 0 Å². The zero-order valence-corrected chi connectivity index (χ0v) is 7.47. The van der Waals surface area contributed by atoms with Crippen molar-refractivity contribution < 1.29 is 4.79 Å². The molecule has 68 valence electrons. The van der Waals surface area contributed by atoms with Gasteiger partial charge >= 0.3 is 0 Å². The molecule has 1 saturated carbocycles. The van der Waals surface area contributed by atoms with Crippen LogP contribution >= 0.6 is 0 Å². The maximum Gasteiger partial charge on any atom is 0.223 e. The lowest BCUT2D eigenvalue weighted by Crippen LogP contribution is -2.53. The third-order valence-corrected chi connectivity index (χ3v) is 2.84. The lowest BCUT2D eigenvalue weighted by atomic mass is 9.95. The summed E-state index contributed by atoms with van der Waals surface area (Å²) >= 11 is 0. The monoisotopic (exact) mass is 168 g/mol. The van der Waals surface area contributed by atoms with E-state index in [-0.39, 0.29) is 5.91 Å². The summed E-state index contributed by atoms with van der Waals surface area (Å²) in [6, 6.07) is 0.361. The average molecular weight is 168 g/mol. The van der Waals surface area contributed by atoms with Crippen LogP contribution in [0.3, 0.4) is 0 Å². The Bertz CT molecular complexity index is 185. The second-order valence-corrected chi connectivity index (χ2v) is 3.99. The number of carbonyl (C=O) groups excluding carboxylic acids is 1. The minimum absolute atomic E-state index is 0.273. The van der Waals surface area contributed by atoms with E-state index in [1.807, 2.05) is 0 Å². The van der Waals surface area contributed by atoms with Crippen molar-refractivity contribution in [2.45, 2.75) is 25.8 Å². The molecule has 0 aromatic rings. The van der Waals surface area contributed by atoms with Crippen LogP contribution < -0.4 is 10.6 Å². The molecule has 1 unspecified atom stereocenters. The van der Waals surface area contributed by atoms with Crippen molar-refractivity contribution in [3.05, 3.63) is 0 Å². The van der Waals surface area contributed by atoms with Gasteiger partial charge in [0.05, 0.1) is 0 Å². The Morgan fingerprint density at radius 2 is 2.17 bits per heavy atom. The first-order valence-corrected chi connectivity index (χ1v) is 4.78. The van der Waals surface area contributed by atoms with Gasteiger partial charge in [0, 0.05) is 31.0 Å². The van der Waals surface area contributed by atoms with E-state index in [9.17, 15) is 4.79 Å². The topological polar surface area (TPSA) is 41.1 Å². The molecule has 1 heterocycles. The van der Waals surface area contributed by atoms with Gasteiger partial charge < -0.3 is 10.6 Å². The van der Waals surface area contributed by atoms with Crippen molar-refractivity contribution in [3.8, 4) is 0 Å². The summed E-state index contributed by atoms with van der Waals surface area (Å²) in [5, 5.41) is 6.27. The molecule has 3 nitrogen and oxygen atoms in total. The summed E-state index contributed by atoms with van der Waals surface area (Å²) in [6.45, 7) is 4.23. The molecule has 1 saturated heterocycles. The van der Waals surface area contributed by atoms with Crippen LogP contribution in [0.2, 0.25) is 0 Å². The van der Waals surface area contributed by atoms with E-state index in [2.05, 4.69) is 17.6 Å². The van der Waals surface area contributed by atoms with Crippen LogP contribution in [-0.4, -0.2) is 25.0 Å². The molecule has 2 rings (SSSR count). The Balaban J connectivity index is 1.73. The van der Waals surface area contributed by atoms with Crippen molar-refractivity contribution in [1.29, 1.82) is 0 Å². The summed E-state index contributed by atoms with van der Waals surface area (Å²) < 4.78 is 0. The molecule has 1 aliphatic carbocycles. The predicted molar refractivity (Wildman–Crippen MR) is 46.7 cm³/mol. The fraction of sp³-hybridized carbons (Fsp3) is 0.889. The van der Waals surface area contributed by atoms with Crippen molar-refractivity contribution in [2.24, 2.45) is 11.8 Å². The van der Waals surface area contributed by atoms with Crippen LogP contribution in [0, 0.1) is 11.8 Å². The highest BCUT2D eigenvalue weighted by atomic mass is 16.2. The molecule has 0 aromatic heterocycles. The van der Waals surface area contributed by atoms with E-state index in [1.165, 1.54) is 0 Å². The average Bonchev–Trinajstić information content (AvgIpc) is 2.61. The van der Waals surface area contributed by atoms with Crippen molar-refractivity contribution in [1.82, 2.24) is 10.6 Å². The van der Waals surface area contributed by atoms with Gasteiger partial charge in [0.25, 0.3) is 0 Å². The van der Waals surface area contributed by atoms with Crippen LogP contribution in [0.25, 0.3) is 0 Å². The number of carbonyl (C=O) groups is 1. The highest BCUT2D eigenvalue weighted by Crippen LogP contribution is 2.29. The third kappa shape index (κ3) is 1.61. The van der Waals surface area contributed by atoms with Crippen LogP contribution in [0.1, 0.15) is 19.8 Å².